The third-order valence-electron chi connectivity index (χ3n) is 1.81. The standard InChI is InChI=1S/C9H11N3.ClH/c1-6-3-8(5-10)4-7(2)9(6)12-11;/h3-4,12H,11H2,1-2H3;1H. The molecule has 0 aliphatic heterocycles. The number of halogens is 1. The topological polar surface area (TPSA) is 61.8 Å². The normalized spacial score (nSPS) is 8.46. The zero-order valence-electron chi connectivity index (χ0n) is 7.59. The molecule has 4 heteroatoms. The van der Waals surface area contributed by atoms with Gasteiger partial charge in [0.1, 0.15) is 0 Å². The van der Waals surface area contributed by atoms with E-state index in [4.69, 9.17) is 11.1 Å². The number of nitrogens with one attached hydrogen (secondary N) is 1. The van der Waals surface area contributed by atoms with Gasteiger partial charge in [0.2, 0.25) is 0 Å². The molecule has 0 heterocycles. The second kappa shape index (κ2) is 4.70. The van der Waals surface area contributed by atoms with Gasteiger partial charge in [0.05, 0.1) is 17.3 Å². The van der Waals surface area contributed by atoms with E-state index in [0.717, 1.165) is 16.8 Å². The van der Waals surface area contributed by atoms with Crippen molar-refractivity contribution in [3.8, 4) is 6.07 Å². The van der Waals surface area contributed by atoms with Crippen molar-refractivity contribution >= 4 is 18.1 Å². The molecule has 0 aliphatic rings. The van der Waals surface area contributed by atoms with Gasteiger partial charge in [0.15, 0.2) is 0 Å². The minimum absolute atomic E-state index is 0. The molecule has 3 N–H and O–H groups in total. The fourth-order valence-corrected chi connectivity index (χ4v) is 1.26. The average Bonchev–Trinajstić information content (AvgIpc) is 2.03. The minimum Gasteiger partial charge on any atom is -0.324 e. The van der Waals surface area contributed by atoms with Gasteiger partial charge in [-0.25, -0.2) is 0 Å². The van der Waals surface area contributed by atoms with Crippen LogP contribution in [0.1, 0.15) is 16.7 Å². The number of rotatable bonds is 1. The van der Waals surface area contributed by atoms with Gasteiger partial charge in [-0.05, 0) is 37.1 Å². The van der Waals surface area contributed by atoms with E-state index in [0.29, 0.717) is 5.56 Å². The number of nitrogen functional groups attached to an aromatic ring is 1. The SMILES string of the molecule is Cc1cc(C#N)cc(C)c1NN.Cl. The Balaban J connectivity index is 0.00000144. The van der Waals surface area contributed by atoms with Crippen LogP contribution in [0.3, 0.4) is 0 Å². The Morgan fingerprint density at radius 2 is 1.77 bits per heavy atom. The van der Waals surface area contributed by atoms with Crippen molar-refractivity contribution in [1.29, 1.82) is 5.26 Å². The molecule has 13 heavy (non-hydrogen) atoms. The molecule has 3 nitrogen and oxygen atoms in total. The Kier molecular flexibility index (Phi) is 4.26. The van der Waals surface area contributed by atoms with E-state index in [1.807, 2.05) is 26.0 Å². The van der Waals surface area contributed by atoms with Crippen LogP contribution < -0.4 is 11.3 Å². The summed E-state index contributed by atoms with van der Waals surface area (Å²) in [6.45, 7) is 3.84. The molecule has 0 bridgehead atoms. The second-order valence-corrected chi connectivity index (χ2v) is 2.74. The van der Waals surface area contributed by atoms with Gasteiger partial charge >= 0.3 is 0 Å². The van der Waals surface area contributed by atoms with Crippen LogP contribution in [-0.2, 0) is 0 Å². The first-order valence-electron chi connectivity index (χ1n) is 3.67. The molecule has 0 spiro atoms. The number of benzene rings is 1. The van der Waals surface area contributed by atoms with Gasteiger partial charge in [-0.1, -0.05) is 0 Å². The van der Waals surface area contributed by atoms with Crippen molar-refractivity contribution in [2.75, 3.05) is 5.43 Å². The van der Waals surface area contributed by atoms with Gasteiger partial charge in [0, 0.05) is 0 Å². The maximum atomic E-state index is 8.65. The molecule has 1 rings (SSSR count). The summed E-state index contributed by atoms with van der Waals surface area (Å²) in [4.78, 5) is 0. The number of nitrogens with zero attached hydrogens (tertiary/aromatic N) is 1. The van der Waals surface area contributed by atoms with E-state index in [9.17, 15) is 0 Å². The zero-order chi connectivity index (χ0) is 9.14. The summed E-state index contributed by atoms with van der Waals surface area (Å²) in [6, 6.07) is 5.71. The predicted molar refractivity (Wildman–Crippen MR) is 55.7 cm³/mol. The van der Waals surface area contributed by atoms with Crippen LogP contribution in [-0.4, -0.2) is 0 Å². The summed E-state index contributed by atoms with van der Waals surface area (Å²) in [5.74, 6) is 5.31. The molecule has 0 atom stereocenters. The Bertz CT molecular complexity index is 318. The summed E-state index contributed by atoms with van der Waals surface area (Å²) in [7, 11) is 0. The molecular weight excluding hydrogens is 186 g/mol. The Morgan fingerprint density at radius 1 is 1.31 bits per heavy atom. The third-order valence-corrected chi connectivity index (χ3v) is 1.81. The molecule has 0 unspecified atom stereocenters. The fraction of sp³-hybridized carbons (Fsp3) is 0.222. The Morgan fingerprint density at radius 3 is 2.08 bits per heavy atom. The molecular formula is C9H12ClN3. The van der Waals surface area contributed by atoms with Crippen LogP contribution in [0.5, 0.6) is 0 Å². The second-order valence-electron chi connectivity index (χ2n) is 2.74. The molecule has 0 amide bonds. The molecule has 0 saturated carbocycles. The first-order valence-corrected chi connectivity index (χ1v) is 3.67. The van der Waals surface area contributed by atoms with E-state index in [1.165, 1.54) is 0 Å². The summed E-state index contributed by atoms with van der Waals surface area (Å²) < 4.78 is 0. The van der Waals surface area contributed by atoms with Crippen molar-refractivity contribution < 1.29 is 0 Å². The number of anilines is 1. The number of nitriles is 1. The average molecular weight is 198 g/mol. The molecule has 0 saturated heterocycles. The molecule has 70 valence electrons. The summed E-state index contributed by atoms with van der Waals surface area (Å²) in [5, 5.41) is 8.65. The maximum Gasteiger partial charge on any atom is 0.0991 e. The molecule has 1 aromatic carbocycles. The Labute approximate surface area is 83.9 Å². The predicted octanol–water partition coefficient (Wildman–Crippen LogP) is 1.88. The Hall–Kier alpha value is -1.24. The largest absolute Gasteiger partial charge is 0.324 e. The highest BCUT2D eigenvalue weighted by atomic mass is 35.5. The molecule has 0 aliphatic carbocycles. The molecule has 0 radical (unpaired) electrons. The molecule has 1 aromatic rings. The van der Waals surface area contributed by atoms with Gasteiger partial charge in [-0.2, -0.15) is 5.26 Å². The lowest BCUT2D eigenvalue weighted by molar-refractivity contribution is 1.26. The lowest BCUT2D eigenvalue weighted by atomic mass is 10.1. The van der Waals surface area contributed by atoms with E-state index in [-0.39, 0.29) is 12.4 Å². The van der Waals surface area contributed by atoms with Gasteiger partial charge in [-0.3, -0.25) is 5.84 Å². The number of aryl methyl sites for hydroxylation is 2. The van der Waals surface area contributed by atoms with E-state index >= 15 is 0 Å². The van der Waals surface area contributed by atoms with Crippen LogP contribution in [0, 0.1) is 25.2 Å². The lowest BCUT2D eigenvalue weighted by Gasteiger charge is -2.08. The van der Waals surface area contributed by atoms with Crippen LogP contribution >= 0.6 is 12.4 Å². The smallest absolute Gasteiger partial charge is 0.0991 e. The highest BCUT2D eigenvalue weighted by molar-refractivity contribution is 5.85. The lowest BCUT2D eigenvalue weighted by Crippen LogP contribution is -2.09. The highest BCUT2D eigenvalue weighted by Gasteiger charge is 2.02. The summed E-state index contributed by atoms with van der Waals surface area (Å²) in [5.41, 5.74) is 6.16. The first kappa shape index (κ1) is 11.8. The summed E-state index contributed by atoms with van der Waals surface area (Å²) >= 11 is 0. The third kappa shape index (κ3) is 2.35. The van der Waals surface area contributed by atoms with Gasteiger partial charge in [-0.15, -0.1) is 12.4 Å². The van der Waals surface area contributed by atoms with Crippen LogP contribution in [0.2, 0.25) is 0 Å². The maximum absolute atomic E-state index is 8.65. The summed E-state index contributed by atoms with van der Waals surface area (Å²) in [6.07, 6.45) is 0. The van der Waals surface area contributed by atoms with Crippen molar-refractivity contribution in [2.24, 2.45) is 5.84 Å². The van der Waals surface area contributed by atoms with Crippen LogP contribution in [0.25, 0.3) is 0 Å². The number of hydrogen-bond acceptors (Lipinski definition) is 3. The number of hydrogen-bond donors (Lipinski definition) is 2. The zero-order valence-corrected chi connectivity index (χ0v) is 8.40. The monoisotopic (exact) mass is 197 g/mol. The van der Waals surface area contributed by atoms with Crippen molar-refractivity contribution in [2.45, 2.75) is 13.8 Å². The van der Waals surface area contributed by atoms with Gasteiger partial charge < -0.3 is 5.43 Å². The minimum atomic E-state index is 0. The van der Waals surface area contributed by atoms with E-state index in [2.05, 4.69) is 11.5 Å². The van der Waals surface area contributed by atoms with Crippen molar-refractivity contribution in [1.82, 2.24) is 0 Å². The number of hydrazine groups is 1. The van der Waals surface area contributed by atoms with Crippen molar-refractivity contribution in [3.05, 3.63) is 28.8 Å². The molecule has 0 aromatic heterocycles. The van der Waals surface area contributed by atoms with Crippen molar-refractivity contribution in [3.63, 3.8) is 0 Å². The first-order chi connectivity index (χ1) is 5.69. The van der Waals surface area contributed by atoms with E-state index < -0.39 is 0 Å². The molecule has 0 fully saturated rings. The van der Waals surface area contributed by atoms with Crippen LogP contribution in [0.15, 0.2) is 12.1 Å². The van der Waals surface area contributed by atoms with Crippen LogP contribution in [0.4, 0.5) is 5.69 Å². The van der Waals surface area contributed by atoms with E-state index in [1.54, 1.807) is 0 Å². The fourth-order valence-electron chi connectivity index (χ4n) is 1.26. The van der Waals surface area contributed by atoms with Gasteiger partial charge in [0.25, 0.3) is 0 Å². The quantitative estimate of drug-likeness (QED) is 0.534. The number of nitrogens with two attached hydrogens (primary N) is 1. The highest BCUT2D eigenvalue weighted by Crippen LogP contribution is 2.20.